The number of carbonyl (C=O) groups is 1. The van der Waals surface area contributed by atoms with Gasteiger partial charge in [0, 0.05) is 19.7 Å². The number of ether oxygens (including phenoxy) is 2. The number of hydrogen-bond acceptors (Lipinski definition) is 7. The number of rotatable bonds is 7. The average molecular weight is 436 g/mol. The summed E-state index contributed by atoms with van der Waals surface area (Å²) in [5, 5.41) is 11.6. The van der Waals surface area contributed by atoms with Gasteiger partial charge in [-0.3, -0.25) is 9.36 Å². The predicted octanol–water partition coefficient (Wildman–Crippen LogP) is 2.55. The summed E-state index contributed by atoms with van der Waals surface area (Å²) in [5.74, 6) is 0.0295. The molecule has 30 heavy (non-hydrogen) atoms. The van der Waals surface area contributed by atoms with E-state index in [1.165, 1.54) is 17.8 Å². The third kappa shape index (κ3) is 4.93. The van der Waals surface area contributed by atoms with Crippen molar-refractivity contribution in [2.75, 3.05) is 43.1 Å². The lowest BCUT2D eigenvalue weighted by Crippen LogP contribution is -2.38. The summed E-state index contributed by atoms with van der Waals surface area (Å²) in [6.07, 6.45) is 2.15. The Kier molecular flexibility index (Phi) is 6.86. The zero-order chi connectivity index (χ0) is 20.9. The first-order valence-corrected chi connectivity index (χ1v) is 11.1. The molecule has 2 aliphatic heterocycles. The molecule has 1 aromatic carbocycles. The molecule has 1 aromatic heterocycles. The maximum Gasteiger partial charge on any atom is 0.237 e. The molecule has 8 nitrogen and oxygen atoms in total. The molecule has 0 aliphatic carbocycles. The first-order valence-electron chi connectivity index (χ1n) is 10.2. The van der Waals surface area contributed by atoms with Crippen molar-refractivity contribution in [3.05, 3.63) is 30.1 Å². The molecule has 2 aromatic rings. The highest BCUT2D eigenvalue weighted by Gasteiger charge is 2.27. The van der Waals surface area contributed by atoms with Gasteiger partial charge in [0.05, 0.1) is 36.8 Å². The molecule has 0 spiro atoms. The lowest BCUT2D eigenvalue weighted by molar-refractivity contribution is -0.115. The van der Waals surface area contributed by atoms with Crippen LogP contribution in [0.4, 0.5) is 16.0 Å². The number of nitrogens with one attached hydrogen (secondary N) is 1. The highest BCUT2D eigenvalue weighted by Crippen LogP contribution is 2.29. The second kappa shape index (κ2) is 9.76. The van der Waals surface area contributed by atoms with Gasteiger partial charge in [-0.15, -0.1) is 10.2 Å². The van der Waals surface area contributed by atoms with Crippen LogP contribution in [0.2, 0.25) is 0 Å². The number of anilines is 2. The number of hydrogen-bond donors (Lipinski definition) is 1. The summed E-state index contributed by atoms with van der Waals surface area (Å²) in [7, 11) is 0. The Morgan fingerprint density at radius 3 is 2.83 bits per heavy atom. The largest absolute Gasteiger partial charge is 0.378 e. The van der Waals surface area contributed by atoms with Crippen molar-refractivity contribution in [2.45, 2.75) is 42.8 Å². The smallest absolute Gasteiger partial charge is 0.237 e. The molecule has 2 fully saturated rings. The van der Waals surface area contributed by atoms with Gasteiger partial charge in [0.2, 0.25) is 11.9 Å². The lowest BCUT2D eigenvalue weighted by Gasteiger charge is -2.28. The van der Waals surface area contributed by atoms with E-state index < -0.39 is 11.1 Å². The first kappa shape index (κ1) is 21.1. The minimum atomic E-state index is -0.477. The molecule has 4 rings (SSSR count). The number of halogens is 1. The summed E-state index contributed by atoms with van der Waals surface area (Å²) in [4.78, 5) is 14.8. The third-order valence-corrected chi connectivity index (χ3v) is 6.27. The van der Waals surface area contributed by atoms with Gasteiger partial charge in [-0.2, -0.15) is 0 Å². The molecular weight excluding hydrogens is 409 g/mol. The molecule has 2 unspecified atom stereocenters. The van der Waals surface area contributed by atoms with E-state index in [9.17, 15) is 9.18 Å². The summed E-state index contributed by atoms with van der Waals surface area (Å²) >= 11 is 1.31. The Bertz CT molecular complexity index is 868. The van der Waals surface area contributed by atoms with Crippen molar-refractivity contribution < 1.29 is 18.7 Å². The Morgan fingerprint density at radius 1 is 1.30 bits per heavy atom. The van der Waals surface area contributed by atoms with Crippen LogP contribution in [0.25, 0.3) is 0 Å². The highest BCUT2D eigenvalue weighted by molar-refractivity contribution is 8.00. The second-order valence-corrected chi connectivity index (χ2v) is 8.66. The molecule has 2 saturated heterocycles. The van der Waals surface area contributed by atoms with Crippen molar-refractivity contribution in [1.82, 2.24) is 14.8 Å². The SMILES string of the molecule is CC(Sc1nnc(N2CCOCC2)n1CC1CCCO1)C(=O)Nc1ccccc1F. The normalized spacial score (nSPS) is 20.3. The molecule has 2 atom stereocenters. The van der Waals surface area contributed by atoms with Crippen molar-refractivity contribution in [3.8, 4) is 0 Å². The van der Waals surface area contributed by atoms with Crippen molar-refractivity contribution in [2.24, 2.45) is 0 Å². The molecule has 3 heterocycles. The number of aromatic nitrogens is 3. The van der Waals surface area contributed by atoms with E-state index in [2.05, 4.69) is 20.4 Å². The number of nitrogens with zero attached hydrogens (tertiary/aromatic N) is 4. The summed E-state index contributed by atoms with van der Waals surface area (Å²) in [6.45, 7) is 5.98. The van der Waals surface area contributed by atoms with E-state index in [-0.39, 0.29) is 17.7 Å². The lowest BCUT2D eigenvalue weighted by atomic mass is 10.2. The van der Waals surface area contributed by atoms with E-state index >= 15 is 0 Å². The fraction of sp³-hybridized carbons (Fsp3) is 0.550. The van der Waals surface area contributed by atoms with Crippen LogP contribution < -0.4 is 10.2 Å². The molecule has 0 radical (unpaired) electrons. The van der Waals surface area contributed by atoms with Crippen LogP contribution in [0.3, 0.4) is 0 Å². The average Bonchev–Trinajstić information content (AvgIpc) is 3.41. The fourth-order valence-electron chi connectivity index (χ4n) is 3.53. The molecule has 1 amide bonds. The number of carbonyl (C=O) groups excluding carboxylic acids is 1. The Labute approximate surface area is 179 Å². The van der Waals surface area contributed by atoms with Crippen molar-refractivity contribution >= 4 is 29.3 Å². The number of amides is 1. The van der Waals surface area contributed by atoms with Gasteiger partial charge in [0.25, 0.3) is 0 Å². The van der Waals surface area contributed by atoms with Crippen LogP contribution in [0.1, 0.15) is 19.8 Å². The minimum Gasteiger partial charge on any atom is -0.378 e. The topological polar surface area (TPSA) is 81.5 Å². The van der Waals surface area contributed by atoms with Gasteiger partial charge in [-0.25, -0.2) is 4.39 Å². The first-order chi connectivity index (χ1) is 14.6. The molecule has 0 saturated carbocycles. The summed E-state index contributed by atoms with van der Waals surface area (Å²) in [6, 6.07) is 6.13. The minimum absolute atomic E-state index is 0.114. The molecule has 1 N–H and O–H groups in total. The van der Waals surface area contributed by atoms with E-state index in [1.807, 2.05) is 4.57 Å². The van der Waals surface area contributed by atoms with Crippen molar-refractivity contribution in [1.29, 1.82) is 0 Å². The summed E-state index contributed by atoms with van der Waals surface area (Å²) < 4.78 is 27.2. The Balaban J connectivity index is 1.49. The van der Waals surface area contributed by atoms with Crippen LogP contribution in [0.15, 0.2) is 29.4 Å². The number of thioether (sulfide) groups is 1. The van der Waals surface area contributed by atoms with Crippen LogP contribution in [-0.4, -0.2) is 64.9 Å². The van der Waals surface area contributed by atoms with E-state index in [0.717, 1.165) is 38.5 Å². The zero-order valence-electron chi connectivity index (χ0n) is 16.9. The van der Waals surface area contributed by atoms with Gasteiger partial charge in [0.15, 0.2) is 5.16 Å². The van der Waals surface area contributed by atoms with Crippen molar-refractivity contribution in [3.63, 3.8) is 0 Å². The van der Waals surface area contributed by atoms with Crippen LogP contribution in [0, 0.1) is 5.82 Å². The van der Waals surface area contributed by atoms with E-state index in [1.54, 1.807) is 25.1 Å². The van der Waals surface area contributed by atoms with Gasteiger partial charge in [0.1, 0.15) is 5.82 Å². The standard InChI is InChI=1S/C20H26FN5O3S/c1-14(18(27)22-17-7-3-2-6-16(17)21)30-20-24-23-19(25-8-11-28-12-9-25)26(20)13-15-5-4-10-29-15/h2-3,6-7,14-15H,4-5,8-13H2,1H3,(H,22,27). The predicted molar refractivity (Wildman–Crippen MR) is 112 cm³/mol. The van der Waals surface area contributed by atoms with Crippen LogP contribution >= 0.6 is 11.8 Å². The quantitative estimate of drug-likeness (QED) is 0.670. The van der Waals surface area contributed by atoms with E-state index in [0.29, 0.717) is 24.9 Å². The maximum absolute atomic E-state index is 13.9. The molecule has 2 aliphatic rings. The molecular formula is C20H26FN5O3S. The molecule has 10 heteroatoms. The second-order valence-electron chi connectivity index (χ2n) is 7.36. The molecule has 0 bridgehead atoms. The third-order valence-electron chi connectivity index (χ3n) is 5.18. The van der Waals surface area contributed by atoms with Gasteiger partial charge in [-0.1, -0.05) is 23.9 Å². The monoisotopic (exact) mass is 435 g/mol. The Morgan fingerprint density at radius 2 is 2.10 bits per heavy atom. The van der Waals surface area contributed by atoms with Crippen LogP contribution in [-0.2, 0) is 20.8 Å². The Hall–Kier alpha value is -2.17. The fourth-order valence-corrected chi connectivity index (χ4v) is 4.38. The molecule has 162 valence electrons. The van der Waals surface area contributed by atoms with Gasteiger partial charge in [-0.05, 0) is 31.9 Å². The number of benzene rings is 1. The van der Waals surface area contributed by atoms with Gasteiger partial charge >= 0.3 is 0 Å². The maximum atomic E-state index is 13.9. The zero-order valence-corrected chi connectivity index (χ0v) is 17.7. The highest BCUT2D eigenvalue weighted by atomic mass is 32.2. The van der Waals surface area contributed by atoms with Crippen LogP contribution in [0.5, 0.6) is 0 Å². The van der Waals surface area contributed by atoms with E-state index in [4.69, 9.17) is 9.47 Å². The number of para-hydroxylation sites is 1. The van der Waals surface area contributed by atoms with Gasteiger partial charge < -0.3 is 19.7 Å². The number of morpholine rings is 1. The summed E-state index contributed by atoms with van der Waals surface area (Å²) in [5.41, 5.74) is 0.171.